The Labute approximate surface area is 123 Å². The number of hydrogen-bond acceptors (Lipinski definition) is 2. The van der Waals surface area contributed by atoms with Crippen LogP contribution in [0.4, 0.5) is 0 Å². The monoisotopic (exact) mass is 268 g/mol. The van der Waals surface area contributed by atoms with E-state index in [2.05, 4.69) is 42.7 Å². The number of hydrogen-bond donors (Lipinski definition) is 0. The van der Waals surface area contributed by atoms with Gasteiger partial charge in [-0.3, -0.25) is 0 Å². The molecule has 0 aromatic carbocycles. The van der Waals surface area contributed by atoms with E-state index in [1.807, 2.05) is 13.8 Å². The van der Waals surface area contributed by atoms with Crippen LogP contribution >= 0.6 is 0 Å². The number of nitrogens with zero attached hydrogens (tertiary/aromatic N) is 2. The van der Waals surface area contributed by atoms with E-state index in [1.54, 1.807) is 0 Å². The largest absolute Gasteiger partial charge is 0.369 e. The van der Waals surface area contributed by atoms with Crippen molar-refractivity contribution >= 4 is 0 Å². The summed E-state index contributed by atoms with van der Waals surface area (Å²) >= 11 is 0. The van der Waals surface area contributed by atoms with E-state index in [4.69, 9.17) is 5.26 Å². The molecule has 2 aliphatic rings. The van der Waals surface area contributed by atoms with E-state index in [-0.39, 0.29) is 0 Å². The Morgan fingerprint density at radius 1 is 1.30 bits per heavy atom. The number of likely N-dealkylation sites (tertiary alicyclic amines) is 1. The Balaban J connectivity index is 2.34. The molecule has 2 nitrogen and oxygen atoms in total. The van der Waals surface area contributed by atoms with Gasteiger partial charge in [0.2, 0.25) is 0 Å². The SMILES string of the molecule is CC(C)N1CCCC2=C(C#CC(C)(C)C#N)CCC=C21. The van der Waals surface area contributed by atoms with Gasteiger partial charge in [0, 0.05) is 23.9 Å². The van der Waals surface area contributed by atoms with Gasteiger partial charge < -0.3 is 4.90 Å². The highest BCUT2D eigenvalue weighted by Gasteiger charge is 2.25. The summed E-state index contributed by atoms with van der Waals surface area (Å²) in [5.74, 6) is 6.45. The van der Waals surface area contributed by atoms with Crippen LogP contribution in [0.2, 0.25) is 0 Å². The summed E-state index contributed by atoms with van der Waals surface area (Å²) in [6.45, 7) is 9.42. The Bertz CT molecular complexity index is 544. The maximum absolute atomic E-state index is 9.08. The lowest BCUT2D eigenvalue weighted by atomic mass is 9.87. The van der Waals surface area contributed by atoms with Gasteiger partial charge in [-0.15, -0.1) is 0 Å². The van der Waals surface area contributed by atoms with Gasteiger partial charge in [-0.05, 0) is 59.0 Å². The Morgan fingerprint density at radius 2 is 2.05 bits per heavy atom. The van der Waals surface area contributed by atoms with Crippen molar-refractivity contribution in [3.8, 4) is 17.9 Å². The smallest absolute Gasteiger partial charge is 0.112 e. The highest BCUT2D eigenvalue weighted by molar-refractivity contribution is 5.48. The summed E-state index contributed by atoms with van der Waals surface area (Å²) in [4.78, 5) is 2.50. The summed E-state index contributed by atoms with van der Waals surface area (Å²) in [6.07, 6.45) is 6.80. The molecule has 106 valence electrons. The molecule has 0 amide bonds. The van der Waals surface area contributed by atoms with Crippen LogP contribution in [0.15, 0.2) is 22.9 Å². The minimum absolute atomic E-state index is 0.541. The lowest BCUT2D eigenvalue weighted by Crippen LogP contribution is -2.36. The second-order valence-electron chi connectivity index (χ2n) is 6.46. The van der Waals surface area contributed by atoms with E-state index < -0.39 is 5.41 Å². The second kappa shape index (κ2) is 5.76. The van der Waals surface area contributed by atoms with E-state index >= 15 is 0 Å². The highest BCUT2D eigenvalue weighted by Crippen LogP contribution is 2.35. The fraction of sp³-hybridized carbons (Fsp3) is 0.611. The Morgan fingerprint density at radius 3 is 2.70 bits per heavy atom. The third-order valence-corrected chi connectivity index (χ3v) is 3.97. The zero-order valence-electron chi connectivity index (χ0n) is 13.1. The first-order valence-corrected chi connectivity index (χ1v) is 7.58. The van der Waals surface area contributed by atoms with E-state index in [9.17, 15) is 0 Å². The van der Waals surface area contributed by atoms with E-state index in [1.165, 1.54) is 23.3 Å². The van der Waals surface area contributed by atoms with Crippen LogP contribution in [0.5, 0.6) is 0 Å². The minimum atomic E-state index is -0.554. The van der Waals surface area contributed by atoms with Gasteiger partial charge >= 0.3 is 0 Å². The molecule has 20 heavy (non-hydrogen) atoms. The minimum Gasteiger partial charge on any atom is -0.369 e. The van der Waals surface area contributed by atoms with Crippen LogP contribution in [0.25, 0.3) is 0 Å². The molecule has 1 aliphatic heterocycles. The van der Waals surface area contributed by atoms with Crippen molar-refractivity contribution < 1.29 is 0 Å². The van der Waals surface area contributed by atoms with Crippen molar-refractivity contribution in [1.82, 2.24) is 4.90 Å². The molecular weight excluding hydrogens is 244 g/mol. The zero-order chi connectivity index (χ0) is 14.8. The van der Waals surface area contributed by atoms with Gasteiger partial charge in [-0.1, -0.05) is 17.9 Å². The molecule has 0 radical (unpaired) electrons. The fourth-order valence-corrected chi connectivity index (χ4v) is 2.83. The molecule has 0 aromatic rings. The lowest BCUT2D eigenvalue weighted by Gasteiger charge is -2.39. The van der Waals surface area contributed by atoms with E-state index in [0.717, 1.165) is 25.8 Å². The molecule has 1 saturated heterocycles. The average Bonchev–Trinajstić information content (AvgIpc) is 2.44. The number of piperidine rings is 1. The summed E-state index contributed by atoms with van der Waals surface area (Å²) in [7, 11) is 0. The molecule has 0 atom stereocenters. The van der Waals surface area contributed by atoms with Crippen molar-refractivity contribution in [1.29, 1.82) is 5.26 Å². The molecule has 1 aliphatic carbocycles. The first kappa shape index (κ1) is 14.7. The van der Waals surface area contributed by atoms with Crippen LogP contribution in [-0.4, -0.2) is 17.5 Å². The van der Waals surface area contributed by atoms with Crippen molar-refractivity contribution in [2.75, 3.05) is 6.54 Å². The van der Waals surface area contributed by atoms with Crippen molar-refractivity contribution in [2.24, 2.45) is 5.41 Å². The van der Waals surface area contributed by atoms with Crippen LogP contribution in [0, 0.1) is 28.6 Å². The fourth-order valence-electron chi connectivity index (χ4n) is 2.83. The lowest BCUT2D eigenvalue weighted by molar-refractivity contribution is 0.263. The van der Waals surface area contributed by atoms with Crippen LogP contribution in [-0.2, 0) is 0 Å². The standard InChI is InChI=1S/C18H24N2/c1-14(2)20-12-6-8-16-15(7-5-9-17(16)20)10-11-18(3,4)13-19/h9,14H,5-8,12H2,1-4H3. The normalized spacial score (nSPS) is 19.0. The highest BCUT2D eigenvalue weighted by atomic mass is 15.2. The first-order valence-electron chi connectivity index (χ1n) is 7.58. The van der Waals surface area contributed by atoms with Crippen LogP contribution < -0.4 is 0 Å². The number of nitriles is 1. The summed E-state index contributed by atoms with van der Waals surface area (Å²) in [5.41, 5.74) is 3.53. The quantitative estimate of drug-likeness (QED) is 0.672. The maximum atomic E-state index is 9.08. The van der Waals surface area contributed by atoms with Crippen LogP contribution in [0.1, 0.15) is 53.4 Å². The van der Waals surface area contributed by atoms with Gasteiger partial charge in [0.15, 0.2) is 0 Å². The summed E-state index contributed by atoms with van der Waals surface area (Å²) in [5, 5.41) is 9.08. The molecule has 1 heterocycles. The molecule has 0 N–H and O–H groups in total. The molecule has 0 bridgehead atoms. The molecule has 0 spiro atoms. The molecule has 0 saturated carbocycles. The maximum Gasteiger partial charge on any atom is 0.112 e. The van der Waals surface area contributed by atoms with Gasteiger partial charge in [0.1, 0.15) is 5.41 Å². The van der Waals surface area contributed by atoms with Crippen LogP contribution in [0.3, 0.4) is 0 Å². The Hall–Kier alpha value is -1.67. The number of fused-ring (bicyclic) bond motifs is 1. The molecule has 0 unspecified atom stereocenters. The van der Waals surface area contributed by atoms with Crippen molar-refractivity contribution in [3.63, 3.8) is 0 Å². The number of rotatable bonds is 1. The number of allylic oxidation sites excluding steroid dienone is 3. The third kappa shape index (κ3) is 3.07. The molecule has 0 aromatic heterocycles. The van der Waals surface area contributed by atoms with Crippen molar-refractivity contribution in [2.45, 2.75) is 59.4 Å². The molecule has 1 fully saturated rings. The third-order valence-electron chi connectivity index (χ3n) is 3.97. The summed E-state index contributed by atoms with van der Waals surface area (Å²) < 4.78 is 0. The topological polar surface area (TPSA) is 27.0 Å². The Kier molecular flexibility index (Phi) is 4.24. The van der Waals surface area contributed by atoms with E-state index in [0.29, 0.717) is 6.04 Å². The predicted molar refractivity (Wildman–Crippen MR) is 82.6 cm³/mol. The van der Waals surface area contributed by atoms with Gasteiger partial charge in [-0.2, -0.15) is 5.26 Å². The molecular formula is C18H24N2. The first-order chi connectivity index (χ1) is 9.44. The zero-order valence-corrected chi connectivity index (χ0v) is 13.1. The molecule has 2 rings (SSSR count). The summed E-state index contributed by atoms with van der Waals surface area (Å²) in [6, 6.07) is 2.80. The van der Waals surface area contributed by atoms with Gasteiger partial charge in [0.25, 0.3) is 0 Å². The average molecular weight is 268 g/mol. The second-order valence-corrected chi connectivity index (χ2v) is 6.46. The van der Waals surface area contributed by atoms with Gasteiger partial charge in [0.05, 0.1) is 6.07 Å². The predicted octanol–water partition coefficient (Wildman–Crippen LogP) is 4.02. The molecule has 2 heteroatoms. The van der Waals surface area contributed by atoms with Crippen molar-refractivity contribution in [3.05, 3.63) is 22.9 Å². The van der Waals surface area contributed by atoms with Gasteiger partial charge in [-0.25, -0.2) is 0 Å².